The van der Waals surface area contributed by atoms with Crippen LogP contribution < -0.4 is 0 Å². The standard InChI is InChI=1S/C17H16N4OS2/c1-11-14(24-15(19-11)12-5-4-6-18-9-12)16-20-13(10-23-16)17(22)21-7-2-3-8-21/h4-6,9-10H,2-3,7-8H2,1H3. The van der Waals surface area contributed by atoms with Gasteiger partial charge in [-0.3, -0.25) is 9.78 Å². The van der Waals surface area contributed by atoms with Gasteiger partial charge in [0.15, 0.2) is 0 Å². The summed E-state index contributed by atoms with van der Waals surface area (Å²) in [4.78, 5) is 28.7. The molecule has 0 aromatic carbocycles. The van der Waals surface area contributed by atoms with Gasteiger partial charge in [-0.2, -0.15) is 0 Å². The van der Waals surface area contributed by atoms with Crippen LogP contribution >= 0.6 is 22.7 Å². The highest BCUT2D eigenvalue weighted by Crippen LogP contribution is 2.36. The van der Waals surface area contributed by atoms with E-state index in [0.29, 0.717) is 5.69 Å². The van der Waals surface area contributed by atoms with Crippen LogP contribution in [0, 0.1) is 6.92 Å². The number of rotatable bonds is 3. The van der Waals surface area contributed by atoms with Gasteiger partial charge >= 0.3 is 0 Å². The molecule has 122 valence electrons. The molecule has 0 N–H and O–H groups in total. The molecule has 4 heterocycles. The minimum Gasteiger partial charge on any atom is -0.337 e. The number of hydrogen-bond acceptors (Lipinski definition) is 6. The second-order valence-electron chi connectivity index (χ2n) is 5.71. The van der Waals surface area contributed by atoms with Crippen LogP contribution in [0.15, 0.2) is 29.9 Å². The van der Waals surface area contributed by atoms with Crippen LogP contribution in [0.1, 0.15) is 29.0 Å². The van der Waals surface area contributed by atoms with E-state index in [1.165, 1.54) is 11.3 Å². The number of aryl methyl sites for hydroxylation is 1. The zero-order chi connectivity index (χ0) is 16.5. The maximum absolute atomic E-state index is 12.5. The first-order chi connectivity index (χ1) is 11.7. The Balaban J connectivity index is 1.63. The van der Waals surface area contributed by atoms with Crippen LogP contribution in [0.3, 0.4) is 0 Å². The summed E-state index contributed by atoms with van der Waals surface area (Å²) in [6.07, 6.45) is 5.74. The summed E-state index contributed by atoms with van der Waals surface area (Å²) in [5, 5.41) is 3.65. The largest absolute Gasteiger partial charge is 0.337 e. The number of aromatic nitrogens is 3. The smallest absolute Gasteiger partial charge is 0.273 e. The molecule has 0 bridgehead atoms. The van der Waals surface area contributed by atoms with E-state index in [-0.39, 0.29) is 5.91 Å². The van der Waals surface area contributed by atoms with E-state index in [0.717, 1.165) is 52.1 Å². The molecule has 3 aromatic rings. The maximum Gasteiger partial charge on any atom is 0.273 e. The van der Waals surface area contributed by atoms with Gasteiger partial charge in [0.05, 0.1) is 10.6 Å². The van der Waals surface area contributed by atoms with E-state index < -0.39 is 0 Å². The minimum absolute atomic E-state index is 0.0460. The Morgan fingerprint density at radius 1 is 1.21 bits per heavy atom. The predicted octanol–water partition coefficient (Wildman–Crippen LogP) is 3.87. The van der Waals surface area contributed by atoms with Gasteiger partial charge in [-0.05, 0) is 31.9 Å². The molecule has 0 unspecified atom stereocenters. The van der Waals surface area contributed by atoms with Crippen LogP contribution in [-0.2, 0) is 0 Å². The van der Waals surface area contributed by atoms with Crippen LogP contribution in [0.2, 0.25) is 0 Å². The highest BCUT2D eigenvalue weighted by Gasteiger charge is 2.23. The number of carbonyl (C=O) groups excluding carboxylic acids is 1. The average Bonchev–Trinajstić information content (AvgIpc) is 3.35. The number of likely N-dealkylation sites (tertiary alicyclic amines) is 1. The summed E-state index contributed by atoms with van der Waals surface area (Å²) in [6.45, 7) is 3.67. The van der Waals surface area contributed by atoms with Crippen molar-refractivity contribution in [2.24, 2.45) is 0 Å². The molecule has 5 nitrogen and oxygen atoms in total. The minimum atomic E-state index is 0.0460. The monoisotopic (exact) mass is 356 g/mol. The van der Waals surface area contributed by atoms with Crippen molar-refractivity contribution in [2.45, 2.75) is 19.8 Å². The molecule has 1 saturated heterocycles. The molecule has 1 amide bonds. The molecule has 24 heavy (non-hydrogen) atoms. The Morgan fingerprint density at radius 2 is 2.04 bits per heavy atom. The molecular formula is C17H16N4OS2. The Labute approximate surface area is 148 Å². The van der Waals surface area contributed by atoms with E-state index in [4.69, 9.17) is 0 Å². The quantitative estimate of drug-likeness (QED) is 0.715. The van der Waals surface area contributed by atoms with Gasteiger partial charge in [0, 0.05) is 36.4 Å². The summed E-state index contributed by atoms with van der Waals surface area (Å²) in [5.74, 6) is 0.0460. The first kappa shape index (κ1) is 15.4. The lowest BCUT2D eigenvalue weighted by Gasteiger charge is -2.12. The van der Waals surface area contributed by atoms with Crippen molar-refractivity contribution in [3.8, 4) is 20.5 Å². The molecule has 7 heteroatoms. The van der Waals surface area contributed by atoms with Crippen molar-refractivity contribution in [3.05, 3.63) is 41.3 Å². The van der Waals surface area contributed by atoms with Gasteiger partial charge in [0.25, 0.3) is 5.91 Å². The fourth-order valence-electron chi connectivity index (χ4n) is 2.77. The Kier molecular flexibility index (Phi) is 4.12. The molecule has 0 atom stereocenters. The van der Waals surface area contributed by atoms with E-state index in [9.17, 15) is 4.79 Å². The third-order valence-electron chi connectivity index (χ3n) is 4.02. The van der Waals surface area contributed by atoms with E-state index in [2.05, 4.69) is 15.0 Å². The normalized spacial score (nSPS) is 14.3. The van der Waals surface area contributed by atoms with Gasteiger partial charge in [0.2, 0.25) is 0 Å². The van der Waals surface area contributed by atoms with Crippen LogP contribution in [0.25, 0.3) is 20.5 Å². The average molecular weight is 356 g/mol. The van der Waals surface area contributed by atoms with Crippen molar-refractivity contribution >= 4 is 28.6 Å². The van der Waals surface area contributed by atoms with Gasteiger partial charge < -0.3 is 4.90 Å². The molecule has 0 aliphatic carbocycles. The van der Waals surface area contributed by atoms with Gasteiger partial charge in [0.1, 0.15) is 15.7 Å². The second-order valence-corrected chi connectivity index (χ2v) is 7.57. The zero-order valence-electron chi connectivity index (χ0n) is 13.2. The molecular weight excluding hydrogens is 340 g/mol. The summed E-state index contributed by atoms with van der Waals surface area (Å²) < 4.78 is 0. The third kappa shape index (κ3) is 2.85. The van der Waals surface area contributed by atoms with Crippen molar-refractivity contribution < 1.29 is 4.79 Å². The SMILES string of the molecule is Cc1nc(-c2cccnc2)sc1-c1nc(C(=O)N2CCCC2)cs1. The fraction of sp³-hybridized carbons (Fsp3) is 0.294. The van der Waals surface area contributed by atoms with Crippen molar-refractivity contribution in [3.63, 3.8) is 0 Å². The first-order valence-corrected chi connectivity index (χ1v) is 9.55. The Hall–Kier alpha value is -2.12. The molecule has 0 spiro atoms. The fourth-order valence-corrected chi connectivity index (χ4v) is 4.76. The molecule has 1 aliphatic rings. The van der Waals surface area contributed by atoms with Crippen LogP contribution in [-0.4, -0.2) is 38.8 Å². The molecule has 0 radical (unpaired) electrons. The van der Waals surface area contributed by atoms with Gasteiger partial charge in [-0.15, -0.1) is 22.7 Å². The number of amides is 1. The van der Waals surface area contributed by atoms with Crippen molar-refractivity contribution in [2.75, 3.05) is 13.1 Å². The molecule has 4 rings (SSSR count). The Morgan fingerprint density at radius 3 is 2.79 bits per heavy atom. The van der Waals surface area contributed by atoms with Crippen molar-refractivity contribution in [1.29, 1.82) is 0 Å². The molecule has 0 saturated carbocycles. The topological polar surface area (TPSA) is 59.0 Å². The number of hydrogen-bond donors (Lipinski definition) is 0. The molecule has 1 aliphatic heterocycles. The van der Waals surface area contributed by atoms with Gasteiger partial charge in [-0.1, -0.05) is 0 Å². The van der Waals surface area contributed by atoms with Crippen molar-refractivity contribution in [1.82, 2.24) is 19.9 Å². The number of carbonyl (C=O) groups is 1. The maximum atomic E-state index is 12.5. The molecule has 1 fully saturated rings. The number of nitrogens with zero attached hydrogens (tertiary/aromatic N) is 4. The summed E-state index contributed by atoms with van der Waals surface area (Å²) in [6, 6.07) is 3.90. The van der Waals surface area contributed by atoms with Crippen LogP contribution in [0.4, 0.5) is 0 Å². The van der Waals surface area contributed by atoms with Crippen LogP contribution in [0.5, 0.6) is 0 Å². The zero-order valence-corrected chi connectivity index (χ0v) is 14.9. The number of thiazole rings is 2. The first-order valence-electron chi connectivity index (χ1n) is 7.85. The highest BCUT2D eigenvalue weighted by molar-refractivity contribution is 7.23. The second kappa shape index (κ2) is 6.41. The lowest BCUT2D eigenvalue weighted by molar-refractivity contribution is 0.0788. The summed E-state index contributed by atoms with van der Waals surface area (Å²) >= 11 is 3.10. The van der Waals surface area contributed by atoms with E-state index in [1.807, 2.05) is 35.5 Å². The number of pyridine rings is 1. The lowest BCUT2D eigenvalue weighted by Crippen LogP contribution is -2.27. The third-order valence-corrected chi connectivity index (χ3v) is 6.22. The predicted molar refractivity (Wildman–Crippen MR) is 96.3 cm³/mol. The Bertz CT molecular complexity index is 866. The molecule has 3 aromatic heterocycles. The van der Waals surface area contributed by atoms with E-state index >= 15 is 0 Å². The summed E-state index contributed by atoms with van der Waals surface area (Å²) in [7, 11) is 0. The lowest BCUT2D eigenvalue weighted by atomic mass is 10.3. The summed E-state index contributed by atoms with van der Waals surface area (Å²) in [5.41, 5.74) is 2.49. The highest BCUT2D eigenvalue weighted by atomic mass is 32.1. The van der Waals surface area contributed by atoms with E-state index in [1.54, 1.807) is 17.5 Å². The van der Waals surface area contributed by atoms with Gasteiger partial charge in [-0.25, -0.2) is 9.97 Å².